The Morgan fingerprint density at radius 3 is 2.33 bits per heavy atom. The van der Waals surface area contributed by atoms with Crippen molar-refractivity contribution >= 4 is 51.5 Å². The second-order valence-corrected chi connectivity index (χ2v) is 7.81. The molecule has 0 atom stereocenters. The number of fused-ring (bicyclic) bond motifs is 1. The molecule has 170 valence electrons. The van der Waals surface area contributed by atoms with Crippen molar-refractivity contribution in [3.8, 4) is 5.75 Å². The van der Waals surface area contributed by atoms with Crippen LogP contribution in [0.3, 0.4) is 0 Å². The Morgan fingerprint density at radius 2 is 1.76 bits per heavy atom. The second kappa shape index (κ2) is 10.9. The van der Waals surface area contributed by atoms with Gasteiger partial charge >= 0.3 is 0 Å². The lowest BCUT2D eigenvalue weighted by Crippen LogP contribution is -2.23. The first-order chi connectivity index (χ1) is 15.8. The number of carbonyl (C=O) groups is 2. The van der Waals surface area contributed by atoms with E-state index < -0.39 is 11.7 Å². The summed E-state index contributed by atoms with van der Waals surface area (Å²) in [5, 5.41) is 13.0. The van der Waals surface area contributed by atoms with E-state index in [1.807, 2.05) is 11.5 Å². The van der Waals surface area contributed by atoms with E-state index in [4.69, 9.17) is 23.2 Å². The van der Waals surface area contributed by atoms with E-state index in [-0.39, 0.29) is 32.9 Å². The van der Waals surface area contributed by atoms with E-state index in [9.17, 15) is 19.1 Å². The lowest BCUT2D eigenvalue weighted by molar-refractivity contribution is -0.112. The molecule has 2 N–H and O–H groups in total. The average molecular weight is 488 g/mol. The number of hydrogen-bond donors (Lipinski definition) is 2. The van der Waals surface area contributed by atoms with Crippen molar-refractivity contribution in [3.63, 3.8) is 0 Å². The zero-order valence-corrected chi connectivity index (χ0v) is 19.1. The van der Waals surface area contributed by atoms with Crippen LogP contribution in [-0.4, -0.2) is 26.3 Å². The number of benzene rings is 2. The quantitative estimate of drug-likeness (QED) is 0.263. The number of halogens is 3. The van der Waals surface area contributed by atoms with Gasteiger partial charge in [0.25, 0.3) is 11.7 Å². The summed E-state index contributed by atoms with van der Waals surface area (Å²) in [6, 6.07) is 12.7. The summed E-state index contributed by atoms with van der Waals surface area (Å²) < 4.78 is 13.8. The number of ketones is 1. The summed E-state index contributed by atoms with van der Waals surface area (Å²) in [4.78, 5) is 28.9. The first kappa shape index (κ1) is 24.2. The molecule has 0 aliphatic rings. The normalized spacial score (nSPS) is 10.4. The number of aryl methyl sites for hydroxylation is 1. The molecule has 4 aromatic rings. The maximum Gasteiger partial charge on any atom is 0.296 e. The smallest absolute Gasteiger partial charge is 0.296 e. The van der Waals surface area contributed by atoms with Crippen molar-refractivity contribution in [3.05, 3.63) is 88.5 Å². The monoisotopic (exact) mass is 487 g/mol. The minimum absolute atomic E-state index is 0.0152. The minimum Gasteiger partial charge on any atom is -0.508 e. The summed E-state index contributed by atoms with van der Waals surface area (Å²) in [6.07, 6.45) is 5.11. The van der Waals surface area contributed by atoms with Gasteiger partial charge in [0.1, 0.15) is 11.6 Å². The molecule has 6 nitrogen and oxygen atoms in total. The third-order valence-electron chi connectivity index (χ3n) is 4.61. The Balaban J connectivity index is 0.000000374. The van der Waals surface area contributed by atoms with E-state index in [1.165, 1.54) is 30.6 Å². The van der Waals surface area contributed by atoms with Crippen LogP contribution in [0.1, 0.15) is 23.7 Å². The Bertz CT molecular complexity index is 1270. The Kier molecular flexibility index (Phi) is 8.03. The molecule has 0 unspecified atom stereocenters. The number of pyridine rings is 1. The van der Waals surface area contributed by atoms with E-state index >= 15 is 0 Å². The van der Waals surface area contributed by atoms with Crippen molar-refractivity contribution < 1.29 is 19.1 Å². The van der Waals surface area contributed by atoms with E-state index in [0.717, 1.165) is 11.9 Å². The third-order valence-corrected chi connectivity index (χ3v) is 5.18. The maximum absolute atomic E-state index is 12.7. The van der Waals surface area contributed by atoms with Crippen LogP contribution in [0.2, 0.25) is 10.0 Å². The maximum atomic E-state index is 12.7. The number of aromatic hydroxyl groups is 1. The number of nitrogens with one attached hydrogen (secondary N) is 1. The highest BCUT2D eigenvalue weighted by Gasteiger charge is 2.23. The predicted molar refractivity (Wildman–Crippen MR) is 128 cm³/mol. The molecule has 33 heavy (non-hydrogen) atoms. The van der Waals surface area contributed by atoms with E-state index in [1.54, 1.807) is 36.5 Å². The summed E-state index contributed by atoms with van der Waals surface area (Å²) in [7, 11) is 0. The Hall–Kier alpha value is -3.42. The third kappa shape index (κ3) is 5.88. The molecule has 2 aromatic carbocycles. The molecule has 0 fully saturated rings. The Morgan fingerprint density at radius 1 is 1.09 bits per heavy atom. The van der Waals surface area contributed by atoms with Crippen molar-refractivity contribution in [1.82, 2.24) is 9.55 Å². The van der Waals surface area contributed by atoms with Gasteiger partial charge < -0.3 is 15.0 Å². The molecule has 2 aromatic heterocycles. The van der Waals surface area contributed by atoms with Gasteiger partial charge in [-0.05, 0) is 36.8 Å². The fraction of sp³-hybridized carbons (Fsp3) is 0.125. The Labute approximate surface area is 199 Å². The first-order valence-electron chi connectivity index (χ1n) is 9.99. The summed E-state index contributed by atoms with van der Waals surface area (Å²) in [6.45, 7) is 2.69. The molecular weight excluding hydrogens is 468 g/mol. The molecule has 0 saturated heterocycles. The topological polar surface area (TPSA) is 84.2 Å². The number of amides is 1. The number of carbonyl (C=O) groups excluding carboxylic acids is 2. The SMILES string of the molecule is CCCn1cc(C(=O)C(=O)Nc2c(Cl)cncc2Cl)c2cc(O)ccc21.Fc1ccccc1. The lowest BCUT2D eigenvalue weighted by Gasteiger charge is -2.07. The molecular formula is C24H20Cl2FN3O3. The van der Waals surface area contributed by atoms with Gasteiger partial charge in [-0.2, -0.15) is 0 Å². The van der Waals surface area contributed by atoms with E-state index in [0.29, 0.717) is 11.9 Å². The second-order valence-electron chi connectivity index (χ2n) is 6.99. The van der Waals surface area contributed by atoms with Crippen molar-refractivity contribution in [2.45, 2.75) is 19.9 Å². The van der Waals surface area contributed by atoms with Gasteiger partial charge in [-0.15, -0.1) is 0 Å². The number of phenols is 1. The number of anilines is 1. The van der Waals surface area contributed by atoms with Crippen LogP contribution in [0.15, 0.2) is 67.1 Å². The lowest BCUT2D eigenvalue weighted by atomic mass is 10.1. The summed E-state index contributed by atoms with van der Waals surface area (Å²) in [5.74, 6) is -1.79. The largest absolute Gasteiger partial charge is 0.508 e. The van der Waals surface area contributed by atoms with Gasteiger partial charge in [-0.25, -0.2) is 4.39 Å². The van der Waals surface area contributed by atoms with Gasteiger partial charge in [0.2, 0.25) is 0 Å². The highest BCUT2D eigenvalue weighted by molar-refractivity contribution is 6.50. The van der Waals surface area contributed by atoms with Gasteiger partial charge in [0.05, 0.1) is 21.3 Å². The summed E-state index contributed by atoms with van der Waals surface area (Å²) >= 11 is 12.0. The molecule has 0 bridgehead atoms. The number of aromatic nitrogens is 2. The molecule has 1 amide bonds. The molecule has 0 aliphatic carbocycles. The molecule has 0 spiro atoms. The number of phenolic OH excluding ortho intramolecular Hbond substituents is 1. The molecule has 9 heteroatoms. The molecule has 4 rings (SSSR count). The van der Waals surface area contributed by atoms with Crippen LogP contribution in [0.5, 0.6) is 5.75 Å². The molecule has 0 radical (unpaired) electrons. The van der Waals surface area contributed by atoms with Gasteiger partial charge in [0.15, 0.2) is 0 Å². The van der Waals surface area contributed by atoms with Crippen LogP contribution in [0.25, 0.3) is 10.9 Å². The van der Waals surface area contributed by atoms with Crippen LogP contribution < -0.4 is 5.32 Å². The number of hydrogen-bond acceptors (Lipinski definition) is 4. The minimum atomic E-state index is -0.876. The number of rotatable bonds is 5. The molecule has 0 aliphatic heterocycles. The molecule has 0 saturated carbocycles. The summed E-state index contributed by atoms with van der Waals surface area (Å²) in [5.41, 5.74) is 1.09. The van der Waals surface area contributed by atoms with Crippen LogP contribution in [0, 0.1) is 5.82 Å². The van der Waals surface area contributed by atoms with Crippen molar-refractivity contribution in [2.24, 2.45) is 0 Å². The number of nitrogens with zero attached hydrogens (tertiary/aromatic N) is 2. The predicted octanol–water partition coefficient (Wildman–Crippen LogP) is 6.11. The van der Waals surface area contributed by atoms with Gasteiger partial charge in [-0.1, -0.05) is 48.3 Å². The standard InChI is InChI=1S/C18H15Cl2N3O3.C6H5F/c1-2-5-23-9-12(11-6-10(24)3-4-15(11)23)17(25)18(26)22-16-13(19)7-21-8-14(16)20;7-6-4-2-1-3-5-6/h3-4,6-9,24H,2,5H2,1H3,(H,21,22,26);1-5H. The van der Waals surface area contributed by atoms with Gasteiger partial charge in [0, 0.05) is 36.0 Å². The fourth-order valence-electron chi connectivity index (χ4n) is 3.13. The van der Waals surface area contributed by atoms with Crippen molar-refractivity contribution in [1.29, 1.82) is 0 Å². The zero-order valence-electron chi connectivity index (χ0n) is 17.6. The van der Waals surface area contributed by atoms with Crippen LogP contribution in [-0.2, 0) is 11.3 Å². The number of Topliss-reactive ketones (excluding diaryl/α,β-unsaturated/α-hetero) is 1. The fourth-order valence-corrected chi connectivity index (χ4v) is 3.59. The highest BCUT2D eigenvalue weighted by atomic mass is 35.5. The van der Waals surface area contributed by atoms with E-state index in [2.05, 4.69) is 10.3 Å². The van der Waals surface area contributed by atoms with Crippen molar-refractivity contribution in [2.75, 3.05) is 5.32 Å². The van der Waals surface area contributed by atoms with Crippen LogP contribution in [0.4, 0.5) is 10.1 Å². The van der Waals surface area contributed by atoms with Gasteiger partial charge in [-0.3, -0.25) is 14.6 Å². The molecule has 2 heterocycles. The zero-order chi connectivity index (χ0) is 24.0. The average Bonchev–Trinajstić information content (AvgIpc) is 3.14. The highest BCUT2D eigenvalue weighted by Crippen LogP contribution is 2.30. The first-order valence-corrected chi connectivity index (χ1v) is 10.7. The van der Waals surface area contributed by atoms with Crippen LogP contribution >= 0.6 is 23.2 Å².